The number of rotatable bonds is 6. The average Bonchev–Trinajstić information content (AvgIpc) is 1.84. The van der Waals surface area contributed by atoms with Gasteiger partial charge < -0.3 is 5.11 Å². The molecular formula is C10H20O2. The Morgan fingerprint density at radius 1 is 1.33 bits per heavy atom. The third kappa shape index (κ3) is 6.35. The van der Waals surface area contributed by atoms with Crippen LogP contribution in [0, 0.1) is 5.92 Å². The maximum atomic E-state index is 11.2. The van der Waals surface area contributed by atoms with Crippen LogP contribution in [-0.2, 0) is 4.79 Å². The summed E-state index contributed by atoms with van der Waals surface area (Å²) in [4.78, 5) is 11.2. The lowest BCUT2D eigenvalue weighted by Crippen LogP contribution is -2.14. The molecule has 0 radical (unpaired) electrons. The minimum atomic E-state index is -0.416. The molecule has 1 atom stereocenters. The Balaban J connectivity index is 3.54. The molecule has 0 bridgehead atoms. The summed E-state index contributed by atoms with van der Waals surface area (Å²) >= 11 is 0. The van der Waals surface area contributed by atoms with Crippen LogP contribution in [0.2, 0.25) is 0 Å². The van der Waals surface area contributed by atoms with E-state index in [1.807, 2.05) is 20.8 Å². The van der Waals surface area contributed by atoms with Crippen LogP contribution < -0.4 is 0 Å². The van der Waals surface area contributed by atoms with E-state index in [9.17, 15) is 9.90 Å². The summed E-state index contributed by atoms with van der Waals surface area (Å²) in [5.74, 6) is 0.595. The fourth-order valence-corrected chi connectivity index (χ4v) is 1.24. The molecule has 0 aromatic carbocycles. The van der Waals surface area contributed by atoms with Crippen LogP contribution in [0.15, 0.2) is 0 Å². The SMILES string of the molecule is CCCC(O)CC(=O)CC(C)C. The number of hydrogen-bond donors (Lipinski definition) is 1. The first kappa shape index (κ1) is 11.6. The fourth-order valence-electron chi connectivity index (χ4n) is 1.24. The Kier molecular flexibility index (Phi) is 5.99. The zero-order valence-corrected chi connectivity index (χ0v) is 8.34. The lowest BCUT2D eigenvalue weighted by atomic mass is 10.0. The van der Waals surface area contributed by atoms with Gasteiger partial charge in [-0.25, -0.2) is 0 Å². The molecule has 0 saturated heterocycles. The lowest BCUT2D eigenvalue weighted by molar-refractivity contribution is -0.121. The highest BCUT2D eigenvalue weighted by Crippen LogP contribution is 2.07. The van der Waals surface area contributed by atoms with Crippen molar-refractivity contribution >= 4 is 5.78 Å². The third-order valence-corrected chi connectivity index (χ3v) is 1.72. The Morgan fingerprint density at radius 2 is 1.92 bits per heavy atom. The molecule has 0 aliphatic rings. The Bertz CT molecular complexity index is 130. The van der Waals surface area contributed by atoms with Gasteiger partial charge in [-0.2, -0.15) is 0 Å². The fraction of sp³-hybridized carbons (Fsp3) is 0.900. The van der Waals surface area contributed by atoms with E-state index < -0.39 is 6.10 Å². The molecule has 2 nitrogen and oxygen atoms in total. The largest absolute Gasteiger partial charge is 0.393 e. The first-order chi connectivity index (χ1) is 5.56. The van der Waals surface area contributed by atoms with Crippen LogP contribution in [0.4, 0.5) is 0 Å². The van der Waals surface area contributed by atoms with Gasteiger partial charge in [0.1, 0.15) is 5.78 Å². The van der Waals surface area contributed by atoms with Gasteiger partial charge in [-0.3, -0.25) is 4.79 Å². The van der Waals surface area contributed by atoms with Crippen LogP contribution in [-0.4, -0.2) is 17.0 Å². The second kappa shape index (κ2) is 6.18. The van der Waals surface area contributed by atoms with Gasteiger partial charge in [0.05, 0.1) is 6.10 Å². The maximum absolute atomic E-state index is 11.2. The first-order valence-electron chi connectivity index (χ1n) is 4.76. The molecular weight excluding hydrogens is 152 g/mol. The van der Waals surface area contributed by atoms with Gasteiger partial charge in [0.2, 0.25) is 0 Å². The molecule has 0 saturated carbocycles. The average molecular weight is 172 g/mol. The number of carbonyl (C=O) groups is 1. The zero-order chi connectivity index (χ0) is 9.56. The van der Waals surface area contributed by atoms with E-state index in [1.54, 1.807) is 0 Å². The number of ketones is 1. The number of aliphatic hydroxyl groups is 1. The molecule has 1 unspecified atom stereocenters. The summed E-state index contributed by atoms with van der Waals surface area (Å²) in [5, 5.41) is 9.31. The van der Waals surface area contributed by atoms with E-state index >= 15 is 0 Å². The van der Waals surface area contributed by atoms with Crippen molar-refractivity contribution in [3.05, 3.63) is 0 Å². The molecule has 2 heteroatoms. The molecule has 0 amide bonds. The molecule has 0 aromatic heterocycles. The molecule has 0 spiro atoms. The van der Waals surface area contributed by atoms with Crippen molar-refractivity contribution in [2.24, 2.45) is 5.92 Å². The van der Waals surface area contributed by atoms with Crippen molar-refractivity contribution in [3.63, 3.8) is 0 Å². The number of hydrogen-bond acceptors (Lipinski definition) is 2. The molecule has 0 aliphatic carbocycles. The van der Waals surface area contributed by atoms with E-state index in [0.29, 0.717) is 18.8 Å². The van der Waals surface area contributed by atoms with Gasteiger partial charge >= 0.3 is 0 Å². The first-order valence-corrected chi connectivity index (χ1v) is 4.76. The second-order valence-electron chi connectivity index (χ2n) is 3.78. The van der Waals surface area contributed by atoms with Gasteiger partial charge in [-0.1, -0.05) is 27.2 Å². The van der Waals surface area contributed by atoms with Crippen molar-refractivity contribution in [3.8, 4) is 0 Å². The van der Waals surface area contributed by atoms with Crippen LogP contribution in [0.5, 0.6) is 0 Å². The zero-order valence-electron chi connectivity index (χ0n) is 8.34. The maximum Gasteiger partial charge on any atom is 0.135 e. The van der Waals surface area contributed by atoms with Gasteiger partial charge in [-0.15, -0.1) is 0 Å². The van der Waals surface area contributed by atoms with E-state index in [4.69, 9.17) is 0 Å². The second-order valence-corrected chi connectivity index (χ2v) is 3.78. The normalized spacial score (nSPS) is 13.4. The number of aliphatic hydroxyl groups excluding tert-OH is 1. The minimum absolute atomic E-state index is 0.186. The highest BCUT2D eigenvalue weighted by molar-refractivity contribution is 5.78. The van der Waals surface area contributed by atoms with E-state index in [1.165, 1.54) is 0 Å². The predicted octanol–water partition coefficient (Wildman–Crippen LogP) is 2.15. The summed E-state index contributed by atoms with van der Waals surface area (Å²) < 4.78 is 0. The van der Waals surface area contributed by atoms with Gasteiger partial charge in [0.15, 0.2) is 0 Å². The summed E-state index contributed by atoms with van der Waals surface area (Å²) in [6, 6.07) is 0. The Labute approximate surface area is 75.0 Å². The third-order valence-electron chi connectivity index (χ3n) is 1.72. The van der Waals surface area contributed by atoms with Gasteiger partial charge in [0, 0.05) is 12.8 Å². The summed E-state index contributed by atoms with van der Waals surface area (Å²) in [6.07, 6.45) is 2.20. The molecule has 72 valence electrons. The van der Waals surface area contributed by atoms with E-state index in [2.05, 4.69) is 0 Å². The highest BCUT2D eigenvalue weighted by Gasteiger charge is 2.10. The lowest BCUT2D eigenvalue weighted by Gasteiger charge is -2.08. The van der Waals surface area contributed by atoms with Crippen LogP contribution in [0.1, 0.15) is 46.5 Å². The van der Waals surface area contributed by atoms with Gasteiger partial charge in [-0.05, 0) is 12.3 Å². The van der Waals surface area contributed by atoms with Crippen molar-refractivity contribution in [1.82, 2.24) is 0 Å². The summed E-state index contributed by atoms with van der Waals surface area (Å²) in [5.41, 5.74) is 0. The Hall–Kier alpha value is -0.370. The Morgan fingerprint density at radius 3 is 2.33 bits per heavy atom. The minimum Gasteiger partial charge on any atom is -0.393 e. The molecule has 0 aromatic rings. The molecule has 0 rings (SSSR count). The van der Waals surface area contributed by atoms with Crippen molar-refractivity contribution in [2.45, 2.75) is 52.6 Å². The van der Waals surface area contributed by atoms with Crippen LogP contribution >= 0.6 is 0 Å². The summed E-state index contributed by atoms with van der Waals surface area (Å²) in [7, 11) is 0. The molecule has 1 N–H and O–H groups in total. The van der Waals surface area contributed by atoms with Crippen molar-refractivity contribution in [1.29, 1.82) is 0 Å². The quantitative estimate of drug-likeness (QED) is 0.666. The van der Waals surface area contributed by atoms with E-state index in [0.717, 1.165) is 12.8 Å². The topological polar surface area (TPSA) is 37.3 Å². The standard InChI is InChI=1S/C10H20O2/c1-4-5-9(11)7-10(12)6-8(2)3/h8-9,11H,4-7H2,1-3H3. The summed E-state index contributed by atoms with van der Waals surface area (Å²) in [6.45, 7) is 6.05. The molecule has 0 aliphatic heterocycles. The van der Waals surface area contributed by atoms with Gasteiger partial charge in [0.25, 0.3) is 0 Å². The van der Waals surface area contributed by atoms with E-state index in [-0.39, 0.29) is 5.78 Å². The van der Waals surface area contributed by atoms with Crippen molar-refractivity contribution in [2.75, 3.05) is 0 Å². The molecule has 12 heavy (non-hydrogen) atoms. The van der Waals surface area contributed by atoms with Crippen LogP contribution in [0.25, 0.3) is 0 Å². The molecule has 0 fully saturated rings. The smallest absolute Gasteiger partial charge is 0.135 e. The number of carbonyl (C=O) groups excluding carboxylic acids is 1. The van der Waals surface area contributed by atoms with Crippen LogP contribution in [0.3, 0.4) is 0 Å². The highest BCUT2D eigenvalue weighted by atomic mass is 16.3. The number of Topliss-reactive ketones (excluding diaryl/α,β-unsaturated/α-hetero) is 1. The predicted molar refractivity (Wildman–Crippen MR) is 50.0 cm³/mol. The molecule has 0 heterocycles. The monoisotopic (exact) mass is 172 g/mol. The van der Waals surface area contributed by atoms with Crippen molar-refractivity contribution < 1.29 is 9.90 Å².